The van der Waals surface area contributed by atoms with E-state index in [9.17, 15) is 4.39 Å². The molecule has 0 spiro atoms. The number of nitrogens with zero attached hydrogens (tertiary/aromatic N) is 2. The number of nitrogens with two attached hydrogens (primary N) is 1. The van der Waals surface area contributed by atoms with Gasteiger partial charge in [0.2, 0.25) is 0 Å². The van der Waals surface area contributed by atoms with E-state index in [-0.39, 0.29) is 5.82 Å². The summed E-state index contributed by atoms with van der Waals surface area (Å²) in [6.45, 7) is 0. The van der Waals surface area contributed by atoms with Gasteiger partial charge in [0.05, 0.1) is 28.8 Å². The second kappa shape index (κ2) is 4.28. The van der Waals surface area contributed by atoms with E-state index in [1.807, 2.05) is 12.1 Å². The number of hydrogen-bond donors (Lipinski definition) is 2. The average Bonchev–Trinajstić information content (AvgIpc) is 2.84. The highest BCUT2D eigenvalue weighted by Crippen LogP contribution is 2.33. The highest BCUT2D eigenvalue weighted by atomic mass is 19.1. The molecule has 0 aliphatic carbocycles. The molecular weight excluding hydrogens is 243 g/mol. The van der Waals surface area contributed by atoms with Crippen molar-refractivity contribution in [2.75, 3.05) is 17.7 Å². The fourth-order valence-corrected chi connectivity index (χ4v) is 2.14. The lowest BCUT2D eigenvalue weighted by Crippen LogP contribution is -2.13. The average molecular weight is 256 g/mol. The molecule has 0 amide bonds. The maximum atomic E-state index is 13.8. The van der Waals surface area contributed by atoms with Gasteiger partial charge in [0.1, 0.15) is 5.82 Å². The first kappa shape index (κ1) is 11.5. The van der Waals surface area contributed by atoms with Crippen LogP contribution in [0.25, 0.3) is 10.9 Å². The summed E-state index contributed by atoms with van der Waals surface area (Å²) in [5, 5.41) is 7.78. The molecule has 1 aromatic heterocycles. The molecule has 0 aliphatic rings. The molecule has 0 unspecified atom stereocenters. The number of H-pyrrole nitrogens is 1. The van der Waals surface area contributed by atoms with E-state index in [1.54, 1.807) is 36.3 Å². The third kappa shape index (κ3) is 1.89. The Kier molecular flexibility index (Phi) is 2.59. The maximum Gasteiger partial charge on any atom is 0.146 e. The standard InChI is InChI=1S/C14H13FN4/c1-19(13-5-3-2-4-10(13)15)14-7-12-9(6-11(14)16)8-17-18-12/h2-8H,16H2,1H3,(H,17,18). The van der Waals surface area contributed by atoms with Crippen LogP contribution < -0.4 is 10.6 Å². The zero-order valence-corrected chi connectivity index (χ0v) is 10.4. The van der Waals surface area contributed by atoms with Gasteiger partial charge in [-0.25, -0.2) is 4.39 Å². The molecule has 1 heterocycles. The number of para-hydroxylation sites is 1. The monoisotopic (exact) mass is 256 g/mol. The van der Waals surface area contributed by atoms with Crippen molar-refractivity contribution in [3.05, 3.63) is 48.4 Å². The highest BCUT2D eigenvalue weighted by molar-refractivity contribution is 5.90. The van der Waals surface area contributed by atoms with Crippen LogP contribution in [-0.4, -0.2) is 17.2 Å². The lowest BCUT2D eigenvalue weighted by atomic mass is 10.1. The first-order valence-corrected chi connectivity index (χ1v) is 5.87. The Hall–Kier alpha value is -2.56. The van der Waals surface area contributed by atoms with Crippen LogP contribution >= 0.6 is 0 Å². The number of nitrogen functional groups attached to an aromatic ring is 1. The molecular formula is C14H13FN4. The zero-order valence-electron chi connectivity index (χ0n) is 10.4. The molecule has 0 radical (unpaired) electrons. The number of aromatic nitrogens is 2. The van der Waals surface area contributed by atoms with Crippen molar-refractivity contribution in [3.63, 3.8) is 0 Å². The summed E-state index contributed by atoms with van der Waals surface area (Å²) in [5.74, 6) is -0.283. The van der Waals surface area contributed by atoms with E-state index in [2.05, 4.69) is 10.2 Å². The first-order chi connectivity index (χ1) is 9.16. The summed E-state index contributed by atoms with van der Waals surface area (Å²) < 4.78 is 13.8. The zero-order chi connectivity index (χ0) is 13.4. The molecule has 0 saturated heterocycles. The fourth-order valence-electron chi connectivity index (χ4n) is 2.14. The Bertz CT molecular complexity index is 735. The van der Waals surface area contributed by atoms with Gasteiger partial charge in [-0.15, -0.1) is 0 Å². The van der Waals surface area contributed by atoms with E-state index < -0.39 is 0 Å². The van der Waals surface area contributed by atoms with Gasteiger partial charge >= 0.3 is 0 Å². The van der Waals surface area contributed by atoms with Gasteiger partial charge in [-0.2, -0.15) is 5.10 Å². The lowest BCUT2D eigenvalue weighted by molar-refractivity contribution is 0.627. The smallest absolute Gasteiger partial charge is 0.146 e. The number of fused-ring (bicyclic) bond motifs is 1. The Morgan fingerprint density at radius 1 is 1.21 bits per heavy atom. The number of anilines is 3. The molecule has 96 valence electrons. The number of benzene rings is 2. The number of rotatable bonds is 2. The summed E-state index contributed by atoms with van der Waals surface area (Å²) in [4.78, 5) is 1.73. The molecule has 5 heteroatoms. The normalized spacial score (nSPS) is 10.8. The van der Waals surface area contributed by atoms with Crippen LogP contribution in [0, 0.1) is 5.82 Å². The van der Waals surface area contributed by atoms with Crippen molar-refractivity contribution in [1.82, 2.24) is 10.2 Å². The molecule has 0 bridgehead atoms. The second-order valence-corrected chi connectivity index (χ2v) is 4.38. The summed E-state index contributed by atoms with van der Waals surface area (Å²) >= 11 is 0. The van der Waals surface area contributed by atoms with Gasteiger partial charge in [0.25, 0.3) is 0 Å². The summed E-state index contributed by atoms with van der Waals surface area (Å²) in [6, 6.07) is 10.3. The topological polar surface area (TPSA) is 57.9 Å². The van der Waals surface area contributed by atoms with Gasteiger partial charge in [0, 0.05) is 12.4 Å². The largest absolute Gasteiger partial charge is 0.397 e. The summed E-state index contributed by atoms with van der Waals surface area (Å²) in [5.41, 5.74) is 8.70. The molecule has 4 nitrogen and oxygen atoms in total. The molecule has 19 heavy (non-hydrogen) atoms. The summed E-state index contributed by atoms with van der Waals surface area (Å²) in [7, 11) is 1.78. The van der Waals surface area contributed by atoms with E-state index in [0.717, 1.165) is 16.6 Å². The van der Waals surface area contributed by atoms with Crippen molar-refractivity contribution in [2.24, 2.45) is 0 Å². The third-order valence-corrected chi connectivity index (χ3v) is 3.16. The quantitative estimate of drug-likeness (QED) is 0.693. The van der Waals surface area contributed by atoms with Crippen molar-refractivity contribution >= 4 is 28.0 Å². The Balaban J connectivity index is 2.13. The molecule has 0 fully saturated rings. The minimum absolute atomic E-state index is 0.283. The first-order valence-electron chi connectivity index (χ1n) is 5.87. The SMILES string of the molecule is CN(c1cc2[nH]ncc2cc1N)c1ccccc1F. The number of aromatic amines is 1. The minimum atomic E-state index is -0.283. The van der Waals surface area contributed by atoms with E-state index in [1.165, 1.54) is 6.07 Å². The van der Waals surface area contributed by atoms with Crippen LogP contribution in [0.3, 0.4) is 0 Å². The van der Waals surface area contributed by atoms with E-state index in [0.29, 0.717) is 11.4 Å². The molecule has 3 aromatic rings. The molecule has 3 rings (SSSR count). The molecule has 0 saturated carbocycles. The third-order valence-electron chi connectivity index (χ3n) is 3.16. The van der Waals surface area contributed by atoms with Crippen LogP contribution in [0.1, 0.15) is 0 Å². The number of nitrogens with one attached hydrogen (secondary N) is 1. The van der Waals surface area contributed by atoms with Gasteiger partial charge in [-0.1, -0.05) is 12.1 Å². The van der Waals surface area contributed by atoms with Crippen LogP contribution in [-0.2, 0) is 0 Å². The summed E-state index contributed by atoms with van der Waals surface area (Å²) in [6.07, 6.45) is 1.71. The van der Waals surface area contributed by atoms with Gasteiger partial charge in [0.15, 0.2) is 0 Å². The van der Waals surface area contributed by atoms with Crippen LogP contribution in [0.2, 0.25) is 0 Å². The highest BCUT2D eigenvalue weighted by Gasteiger charge is 2.12. The maximum absolute atomic E-state index is 13.8. The van der Waals surface area contributed by atoms with Crippen molar-refractivity contribution in [3.8, 4) is 0 Å². The van der Waals surface area contributed by atoms with Gasteiger partial charge in [-0.05, 0) is 24.3 Å². The minimum Gasteiger partial charge on any atom is -0.397 e. The van der Waals surface area contributed by atoms with Crippen LogP contribution in [0.15, 0.2) is 42.6 Å². The molecule has 3 N–H and O–H groups in total. The Morgan fingerprint density at radius 3 is 2.79 bits per heavy atom. The van der Waals surface area contributed by atoms with Crippen molar-refractivity contribution < 1.29 is 4.39 Å². The number of hydrogen-bond acceptors (Lipinski definition) is 3. The predicted molar refractivity (Wildman–Crippen MR) is 75.0 cm³/mol. The van der Waals surface area contributed by atoms with Gasteiger partial charge < -0.3 is 10.6 Å². The van der Waals surface area contributed by atoms with Crippen molar-refractivity contribution in [1.29, 1.82) is 0 Å². The van der Waals surface area contributed by atoms with Gasteiger partial charge in [-0.3, -0.25) is 5.10 Å². The Morgan fingerprint density at radius 2 is 2.00 bits per heavy atom. The van der Waals surface area contributed by atoms with Crippen LogP contribution in [0.4, 0.5) is 21.5 Å². The van der Waals surface area contributed by atoms with E-state index >= 15 is 0 Å². The fraction of sp³-hybridized carbons (Fsp3) is 0.0714. The molecule has 0 aliphatic heterocycles. The molecule has 0 atom stereocenters. The predicted octanol–water partition coefficient (Wildman–Crippen LogP) is 3.05. The molecule has 2 aromatic carbocycles. The lowest BCUT2D eigenvalue weighted by Gasteiger charge is -2.21. The van der Waals surface area contributed by atoms with E-state index in [4.69, 9.17) is 5.73 Å². The Labute approximate surface area is 109 Å². The van der Waals surface area contributed by atoms with Crippen molar-refractivity contribution in [2.45, 2.75) is 0 Å². The second-order valence-electron chi connectivity index (χ2n) is 4.38. The number of halogens is 1. The van der Waals surface area contributed by atoms with Crippen LogP contribution in [0.5, 0.6) is 0 Å².